The Morgan fingerprint density at radius 1 is 1.23 bits per heavy atom. The molecule has 8 nitrogen and oxygen atoms in total. The molecule has 2 N–H and O–H groups in total. The van der Waals surface area contributed by atoms with E-state index in [4.69, 9.17) is 16.3 Å². The SMILES string of the molecule is COc1ccc(-n2cnnc2SCC(=O)Nc2ccc(C(=O)NC3CC3)c(Cl)c2)cc1. The molecule has 160 valence electrons. The second-order valence-electron chi connectivity index (χ2n) is 6.96. The van der Waals surface area contributed by atoms with Gasteiger partial charge in [0.15, 0.2) is 5.16 Å². The summed E-state index contributed by atoms with van der Waals surface area (Å²) >= 11 is 7.49. The molecule has 0 spiro atoms. The first-order chi connectivity index (χ1) is 15.0. The number of anilines is 1. The lowest BCUT2D eigenvalue weighted by Crippen LogP contribution is -2.25. The largest absolute Gasteiger partial charge is 0.497 e. The van der Waals surface area contributed by atoms with Gasteiger partial charge in [0, 0.05) is 17.4 Å². The molecule has 0 unspecified atom stereocenters. The molecule has 0 radical (unpaired) electrons. The van der Waals surface area contributed by atoms with Crippen molar-refractivity contribution in [3.05, 3.63) is 59.4 Å². The van der Waals surface area contributed by atoms with Crippen LogP contribution in [0.1, 0.15) is 23.2 Å². The molecule has 1 heterocycles. The minimum absolute atomic E-state index is 0.135. The van der Waals surface area contributed by atoms with Crippen molar-refractivity contribution in [2.45, 2.75) is 24.0 Å². The molecule has 4 rings (SSSR count). The van der Waals surface area contributed by atoms with Crippen LogP contribution in [-0.4, -0.2) is 45.5 Å². The number of amides is 2. The molecule has 1 aromatic heterocycles. The third kappa shape index (κ3) is 5.36. The summed E-state index contributed by atoms with van der Waals surface area (Å²) in [5, 5.41) is 14.6. The van der Waals surface area contributed by atoms with E-state index in [1.807, 2.05) is 24.3 Å². The van der Waals surface area contributed by atoms with Gasteiger partial charge in [-0.3, -0.25) is 14.2 Å². The minimum atomic E-state index is -0.222. The number of carbonyl (C=O) groups is 2. The van der Waals surface area contributed by atoms with Crippen molar-refractivity contribution >= 4 is 40.9 Å². The molecule has 1 saturated carbocycles. The number of methoxy groups -OCH3 is 1. The van der Waals surface area contributed by atoms with Crippen molar-refractivity contribution in [3.8, 4) is 11.4 Å². The first-order valence-electron chi connectivity index (χ1n) is 9.61. The van der Waals surface area contributed by atoms with Crippen LogP contribution in [0, 0.1) is 0 Å². The van der Waals surface area contributed by atoms with E-state index < -0.39 is 0 Å². The maximum Gasteiger partial charge on any atom is 0.253 e. The molecule has 0 saturated heterocycles. The number of halogens is 1. The van der Waals surface area contributed by atoms with E-state index in [0.717, 1.165) is 24.3 Å². The Bertz CT molecular complexity index is 1100. The van der Waals surface area contributed by atoms with Gasteiger partial charge >= 0.3 is 0 Å². The highest BCUT2D eigenvalue weighted by molar-refractivity contribution is 7.99. The number of rotatable bonds is 8. The summed E-state index contributed by atoms with van der Waals surface area (Å²) in [5.74, 6) is 0.468. The van der Waals surface area contributed by atoms with Gasteiger partial charge in [-0.2, -0.15) is 0 Å². The molecular formula is C21H20ClN5O3S. The Balaban J connectivity index is 1.35. The van der Waals surface area contributed by atoms with E-state index in [9.17, 15) is 9.59 Å². The minimum Gasteiger partial charge on any atom is -0.497 e. The molecule has 0 atom stereocenters. The molecule has 1 fully saturated rings. The molecule has 0 bridgehead atoms. The number of thioether (sulfide) groups is 1. The van der Waals surface area contributed by atoms with Gasteiger partial charge in [-0.15, -0.1) is 10.2 Å². The van der Waals surface area contributed by atoms with E-state index in [2.05, 4.69) is 20.8 Å². The smallest absolute Gasteiger partial charge is 0.253 e. The summed E-state index contributed by atoms with van der Waals surface area (Å²) in [6.45, 7) is 0. The number of aromatic nitrogens is 3. The highest BCUT2D eigenvalue weighted by Gasteiger charge is 2.24. The third-order valence-electron chi connectivity index (χ3n) is 4.61. The van der Waals surface area contributed by atoms with Crippen molar-refractivity contribution in [3.63, 3.8) is 0 Å². The number of hydrogen-bond acceptors (Lipinski definition) is 6. The zero-order valence-electron chi connectivity index (χ0n) is 16.7. The highest BCUT2D eigenvalue weighted by atomic mass is 35.5. The van der Waals surface area contributed by atoms with Crippen LogP contribution in [0.15, 0.2) is 53.9 Å². The molecule has 0 aliphatic heterocycles. The molecule has 1 aliphatic rings. The van der Waals surface area contributed by atoms with Gasteiger partial charge in [-0.05, 0) is 55.3 Å². The van der Waals surface area contributed by atoms with Crippen LogP contribution in [0.25, 0.3) is 5.69 Å². The summed E-state index contributed by atoms with van der Waals surface area (Å²) < 4.78 is 6.96. The van der Waals surface area contributed by atoms with Crippen LogP contribution in [0.3, 0.4) is 0 Å². The van der Waals surface area contributed by atoms with Crippen LogP contribution in [0.2, 0.25) is 5.02 Å². The van der Waals surface area contributed by atoms with Gasteiger partial charge in [0.05, 0.1) is 23.4 Å². The van der Waals surface area contributed by atoms with E-state index in [1.165, 1.54) is 11.8 Å². The van der Waals surface area contributed by atoms with E-state index in [1.54, 1.807) is 36.2 Å². The average molecular weight is 458 g/mol. The third-order valence-corrected chi connectivity index (χ3v) is 5.87. The topological polar surface area (TPSA) is 98.1 Å². The first-order valence-corrected chi connectivity index (χ1v) is 11.0. The van der Waals surface area contributed by atoms with Crippen LogP contribution < -0.4 is 15.4 Å². The van der Waals surface area contributed by atoms with Gasteiger partial charge < -0.3 is 15.4 Å². The number of hydrogen-bond donors (Lipinski definition) is 2. The predicted molar refractivity (Wildman–Crippen MR) is 119 cm³/mol. The number of nitrogens with zero attached hydrogens (tertiary/aromatic N) is 3. The Morgan fingerprint density at radius 2 is 2.00 bits per heavy atom. The van der Waals surface area contributed by atoms with E-state index in [0.29, 0.717) is 21.4 Å². The molecule has 1 aliphatic carbocycles. The zero-order valence-corrected chi connectivity index (χ0v) is 18.2. The zero-order chi connectivity index (χ0) is 21.8. The number of ether oxygens (including phenoxy) is 1. The number of carbonyl (C=O) groups excluding carboxylic acids is 2. The predicted octanol–water partition coefficient (Wildman–Crippen LogP) is 3.55. The van der Waals surface area contributed by atoms with Gasteiger partial charge in [0.1, 0.15) is 12.1 Å². The van der Waals surface area contributed by atoms with Gasteiger partial charge in [-0.1, -0.05) is 23.4 Å². The van der Waals surface area contributed by atoms with Crippen LogP contribution in [-0.2, 0) is 4.79 Å². The van der Waals surface area contributed by atoms with E-state index in [-0.39, 0.29) is 23.6 Å². The van der Waals surface area contributed by atoms with Crippen LogP contribution in [0.4, 0.5) is 5.69 Å². The van der Waals surface area contributed by atoms with E-state index >= 15 is 0 Å². The maximum absolute atomic E-state index is 12.4. The van der Waals surface area contributed by atoms with Gasteiger partial charge in [0.2, 0.25) is 5.91 Å². The van der Waals surface area contributed by atoms with Crippen molar-refractivity contribution in [2.75, 3.05) is 18.2 Å². The molecule has 31 heavy (non-hydrogen) atoms. The Morgan fingerprint density at radius 3 is 2.68 bits per heavy atom. The number of benzene rings is 2. The molecule has 2 aromatic carbocycles. The van der Waals surface area contributed by atoms with Gasteiger partial charge in [-0.25, -0.2) is 0 Å². The molecule has 3 aromatic rings. The fraction of sp³-hybridized carbons (Fsp3) is 0.238. The fourth-order valence-corrected chi connectivity index (χ4v) is 3.83. The van der Waals surface area contributed by atoms with Gasteiger partial charge in [0.25, 0.3) is 5.91 Å². The summed E-state index contributed by atoms with van der Waals surface area (Å²) in [6.07, 6.45) is 3.59. The van der Waals surface area contributed by atoms with Crippen LogP contribution in [0.5, 0.6) is 5.75 Å². The Kier molecular flexibility index (Phi) is 6.43. The Labute approximate surface area is 188 Å². The molecular weight excluding hydrogens is 438 g/mol. The maximum atomic E-state index is 12.4. The monoisotopic (exact) mass is 457 g/mol. The fourth-order valence-electron chi connectivity index (χ4n) is 2.84. The van der Waals surface area contributed by atoms with Crippen LogP contribution >= 0.6 is 23.4 Å². The standard InChI is InChI=1S/C21H20ClN5O3S/c1-30-16-7-5-15(6-8-16)27-12-23-26-21(27)31-11-19(28)24-14-4-9-17(18(22)10-14)20(29)25-13-2-3-13/h4-10,12-13H,2-3,11H2,1H3,(H,24,28)(H,25,29). The van der Waals surface area contributed by atoms with Crippen molar-refractivity contribution < 1.29 is 14.3 Å². The highest BCUT2D eigenvalue weighted by Crippen LogP contribution is 2.25. The second-order valence-corrected chi connectivity index (χ2v) is 8.31. The van der Waals surface area contributed by atoms with Crippen molar-refractivity contribution in [1.82, 2.24) is 20.1 Å². The lowest BCUT2D eigenvalue weighted by molar-refractivity contribution is -0.113. The Hall–Kier alpha value is -3.04. The second kappa shape index (κ2) is 9.40. The summed E-state index contributed by atoms with van der Waals surface area (Å²) in [6, 6.07) is 12.6. The van der Waals surface area contributed by atoms with Crippen molar-refractivity contribution in [2.24, 2.45) is 0 Å². The lowest BCUT2D eigenvalue weighted by Gasteiger charge is -2.10. The summed E-state index contributed by atoms with van der Waals surface area (Å²) in [7, 11) is 1.61. The molecule has 10 heteroatoms. The summed E-state index contributed by atoms with van der Waals surface area (Å²) in [4.78, 5) is 24.6. The van der Waals surface area contributed by atoms with Crippen molar-refractivity contribution in [1.29, 1.82) is 0 Å². The normalized spacial score (nSPS) is 13.0. The summed E-state index contributed by atoms with van der Waals surface area (Å²) in [5.41, 5.74) is 1.78. The molecule has 2 amide bonds. The quantitative estimate of drug-likeness (QED) is 0.502. The first kappa shape index (κ1) is 21.2. The lowest BCUT2D eigenvalue weighted by atomic mass is 10.2. The average Bonchev–Trinajstić information content (AvgIpc) is 3.45. The number of nitrogens with one attached hydrogen (secondary N) is 2.